The number of pyridine rings is 1. The summed E-state index contributed by atoms with van der Waals surface area (Å²) in [6, 6.07) is 8.11. The number of nitrogens with zero attached hydrogens (tertiary/aromatic N) is 4. The lowest BCUT2D eigenvalue weighted by Crippen LogP contribution is -1.91. The van der Waals surface area contributed by atoms with Crippen LogP contribution in [0.1, 0.15) is 25.3 Å². The van der Waals surface area contributed by atoms with E-state index in [4.69, 9.17) is 4.42 Å². The van der Waals surface area contributed by atoms with Crippen LogP contribution in [-0.4, -0.2) is 30.4 Å². The molecule has 0 aliphatic rings. The minimum Gasteiger partial charge on any atom is -0.412 e. The van der Waals surface area contributed by atoms with Gasteiger partial charge in [-0.25, -0.2) is 4.98 Å². The summed E-state index contributed by atoms with van der Waals surface area (Å²) in [5.41, 5.74) is 6.11. The van der Waals surface area contributed by atoms with Crippen LogP contribution < -0.4 is 0 Å². The molecule has 0 unspecified atom stereocenters. The molecule has 5 aromatic rings. The van der Waals surface area contributed by atoms with Crippen molar-refractivity contribution in [2.24, 2.45) is 0 Å². The Hall–Kier alpha value is -3.48. The van der Waals surface area contributed by atoms with Crippen LogP contribution >= 0.6 is 0 Å². The third kappa shape index (κ3) is 2.13. The summed E-state index contributed by atoms with van der Waals surface area (Å²) in [6.45, 7) is 4.38. The first-order valence-corrected chi connectivity index (χ1v) is 8.36. The predicted molar refractivity (Wildman–Crippen MR) is 97.4 cm³/mol. The molecule has 0 amide bonds. The van der Waals surface area contributed by atoms with E-state index >= 15 is 0 Å². The SMILES string of the molecule is CC(C)c1c(-c2ccnc3[nH]ncc23)[nH]c2ccc(-c3nn[c]o3)cc12. The van der Waals surface area contributed by atoms with Crippen LogP contribution in [0.3, 0.4) is 0 Å². The molecule has 0 atom stereocenters. The number of benzene rings is 1. The second-order valence-electron chi connectivity index (χ2n) is 6.52. The topological polar surface area (TPSA) is 96.3 Å². The van der Waals surface area contributed by atoms with Crippen molar-refractivity contribution >= 4 is 21.9 Å². The van der Waals surface area contributed by atoms with E-state index < -0.39 is 0 Å². The maximum Gasteiger partial charge on any atom is 0.306 e. The highest BCUT2D eigenvalue weighted by atomic mass is 16.4. The van der Waals surface area contributed by atoms with Crippen molar-refractivity contribution in [3.63, 3.8) is 0 Å². The number of hydrogen-bond acceptors (Lipinski definition) is 5. The molecule has 0 fully saturated rings. The summed E-state index contributed by atoms with van der Waals surface area (Å²) >= 11 is 0. The number of hydrogen-bond donors (Lipinski definition) is 2. The molecule has 26 heavy (non-hydrogen) atoms. The van der Waals surface area contributed by atoms with Crippen molar-refractivity contribution < 1.29 is 4.42 Å². The number of aromatic nitrogens is 6. The van der Waals surface area contributed by atoms with Crippen LogP contribution in [0.4, 0.5) is 0 Å². The van der Waals surface area contributed by atoms with Crippen molar-refractivity contribution in [2.45, 2.75) is 19.8 Å². The molecule has 7 nitrogen and oxygen atoms in total. The average Bonchev–Trinajstić information content (AvgIpc) is 3.38. The summed E-state index contributed by atoms with van der Waals surface area (Å²) in [5, 5.41) is 16.8. The molecule has 4 heterocycles. The molecule has 0 spiro atoms. The van der Waals surface area contributed by atoms with Gasteiger partial charge in [-0.1, -0.05) is 13.8 Å². The zero-order chi connectivity index (χ0) is 17.7. The van der Waals surface area contributed by atoms with Gasteiger partial charge in [0, 0.05) is 33.6 Å². The Morgan fingerprint density at radius 1 is 1.15 bits per heavy atom. The second-order valence-corrected chi connectivity index (χ2v) is 6.52. The molecule has 5 rings (SSSR count). The quantitative estimate of drug-likeness (QED) is 0.514. The van der Waals surface area contributed by atoms with Crippen LogP contribution in [0.5, 0.6) is 0 Å². The monoisotopic (exact) mass is 343 g/mol. The van der Waals surface area contributed by atoms with Crippen LogP contribution in [-0.2, 0) is 0 Å². The molecule has 7 heteroatoms. The van der Waals surface area contributed by atoms with E-state index in [1.54, 1.807) is 6.20 Å². The first-order chi connectivity index (χ1) is 12.7. The average molecular weight is 343 g/mol. The number of H-pyrrole nitrogens is 2. The molecule has 127 valence electrons. The van der Waals surface area contributed by atoms with Gasteiger partial charge in [-0.3, -0.25) is 5.10 Å². The number of aromatic amines is 2. The summed E-state index contributed by atoms with van der Waals surface area (Å²) in [5.74, 6) is 0.781. The van der Waals surface area contributed by atoms with Crippen LogP contribution in [0, 0.1) is 6.39 Å². The molecule has 1 aromatic carbocycles. The van der Waals surface area contributed by atoms with E-state index in [9.17, 15) is 0 Å². The van der Waals surface area contributed by atoms with Gasteiger partial charge in [0.1, 0.15) is 0 Å². The third-order valence-electron chi connectivity index (χ3n) is 4.61. The first-order valence-electron chi connectivity index (χ1n) is 8.36. The molecule has 0 bridgehead atoms. The number of rotatable bonds is 3. The maximum atomic E-state index is 5.23. The highest BCUT2D eigenvalue weighted by molar-refractivity contribution is 5.99. The Balaban J connectivity index is 1.80. The van der Waals surface area contributed by atoms with Gasteiger partial charge in [0.15, 0.2) is 5.65 Å². The Labute approximate surface area is 148 Å². The van der Waals surface area contributed by atoms with Crippen molar-refractivity contribution in [3.05, 3.63) is 48.6 Å². The Morgan fingerprint density at radius 2 is 2.08 bits per heavy atom. The van der Waals surface area contributed by atoms with Crippen LogP contribution in [0.25, 0.3) is 44.6 Å². The van der Waals surface area contributed by atoms with Crippen molar-refractivity contribution in [1.82, 2.24) is 30.4 Å². The Morgan fingerprint density at radius 3 is 2.88 bits per heavy atom. The number of fused-ring (bicyclic) bond motifs is 2. The molecule has 4 aromatic heterocycles. The maximum absolute atomic E-state index is 5.23. The van der Waals surface area contributed by atoms with Crippen molar-refractivity contribution in [2.75, 3.05) is 0 Å². The smallest absolute Gasteiger partial charge is 0.306 e. The second kappa shape index (κ2) is 5.52. The molecule has 0 aliphatic heterocycles. The molecule has 0 saturated heterocycles. The van der Waals surface area contributed by atoms with Gasteiger partial charge in [-0.05, 0) is 35.7 Å². The van der Waals surface area contributed by atoms with E-state index in [1.807, 2.05) is 24.4 Å². The summed E-state index contributed by atoms with van der Waals surface area (Å²) < 4.78 is 5.23. The van der Waals surface area contributed by atoms with Gasteiger partial charge in [0.05, 0.1) is 11.9 Å². The molecule has 1 radical (unpaired) electrons. The summed E-state index contributed by atoms with van der Waals surface area (Å²) in [6.07, 6.45) is 6.01. The fourth-order valence-corrected chi connectivity index (χ4v) is 3.49. The molecule has 0 saturated carbocycles. The van der Waals surface area contributed by atoms with Gasteiger partial charge >= 0.3 is 6.39 Å². The van der Waals surface area contributed by atoms with Gasteiger partial charge < -0.3 is 9.40 Å². The zero-order valence-electron chi connectivity index (χ0n) is 14.2. The van der Waals surface area contributed by atoms with Crippen LogP contribution in [0.15, 0.2) is 41.1 Å². The minimum absolute atomic E-state index is 0.318. The van der Waals surface area contributed by atoms with Gasteiger partial charge in [0.25, 0.3) is 0 Å². The Kier molecular flexibility index (Phi) is 3.15. The summed E-state index contributed by atoms with van der Waals surface area (Å²) in [7, 11) is 0. The van der Waals surface area contributed by atoms with Gasteiger partial charge in [0.2, 0.25) is 5.89 Å². The lowest BCUT2D eigenvalue weighted by atomic mass is 9.95. The van der Waals surface area contributed by atoms with Crippen molar-refractivity contribution in [1.29, 1.82) is 0 Å². The minimum atomic E-state index is 0.318. The molecular formula is C19H15N6O. The molecular weight excluding hydrogens is 328 g/mol. The highest BCUT2D eigenvalue weighted by Crippen LogP contribution is 2.38. The Bertz CT molecular complexity index is 1220. The van der Waals surface area contributed by atoms with E-state index in [2.05, 4.69) is 56.7 Å². The van der Waals surface area contributed by atoms with E-state index in [-0.39, 0.29) is 0 Å². The highest BCUT2D eigenvalue weighted by Gasteiger charge is 2.19. The van der Waals surface area contributed by atoms with E-state index in [0.29, 0.717) is 11.8 Å². The van der Waals surface area contributed by atoms with Gasteiger partial charge in [-0.2, -0.15) is 5.10 Å². The fourth-order valence-electron chi connectivity index (χ4n) is 3.49. The summed E-state index contributed by atoms with van der Waals surface area (Å²) in [4.78, 5) is 7.91. The predicted octanol–water partition coefficient (Wildman–Crippen LogP) is 4.08. The largest absolute Gasteiger partial charge is 0.412 e. The molecule has 2 N–H and O–H groups in total. The first kappa shape index (κ1) is 14.8. The lowest BCUT2D eigenvalue weighted by molar-refractivity contribution is 0.559. The molecule has 0 aliphatic carbocycles. The normalized spacial score (nSPS) is 11.8. The van der Waals surface area contributed by atoms with E-state index in [0.717, 1.165) is 38.8 Å². The van der Waals surface area contributed by atoms with E-state index in [1.165, 1.54) is 5.56 Å². The van der Waals surface area contributed by atoms with Crippen LogP contribution in [0.2, 0.25) is 0 Å². The zero-order valence-corrected chi connectivity index (χ0v) is 14.2. The standard InChI is InChI=1S/C19H15N6O/c1-10(2)16-13-7-11(19-25-22-9-26-19)3-4-15(13)23-17(16)12-5-6-20-18-14(12)8-21-24-18/h3-8,10,23H,1-2H3,(H,20,21,24). The van der Waals surface area contributed by atoms with Gasteiger partial charge in [-0.15, -0.1) is 10.2 Å². The lowest BCUT2D eigenvalue weighted by Gasteiger charge is -2.09. The fraction of sp³-hybridized carbons (Fsp3) is 0.158. The van der Waals surface area contributed by atoms with Crippen molar-refractivity contribution in [3.8, 4) is 22.7 Å². The third-order valence-corrected chi connectivity index (χ3v) is 4.61. The number of nitrogens with one attached hydrogen (secondary N) is 2.